The van der Waals surface area contributed by atoms with Crippen molar-refractivity contribution in [3.8, 4) is 0 Å². The number of likely N-dealkylation sites (tertiary alicyclic amines) is 1. The summed E-state index contributed by atoms with van der Waals surface area (Å²) in [4.78, 5) is 40.2. The Morgan fingerprint density at radius 3 is 2.52 bits per heavy atom. The maximum atomic E-state index is 12.4. The number of carbonyl (C=O) groups excluding carboxylic acids is 3. The van der Waals surface area contributed by atoms with Gasteiger partial charge in [-0.2, -0.15) is 0 Å². The Hall–Kier alpha value is -2.12. The highest BCUT2D eigenvalue weighted by atomic mass is 32.2. The van der Waals surface area contributed by atoms with Gasteiger partial charge in [-0.05, 0) is 56.7 Å². The van der Waals surface area contributed by atoms with Crippen molar-refractivity contribution in [1.82, 2.24) is 9.80 Å². The van der Waals surface area contributed by atoms with Gasteiger partial charge < -0.3 is 5.32 Å². The minimum atomic E-state index is -0.410. The molecule has 0 aromatic heterocycles. The number of benzene rings is 1. The number of anilines is 1. The third-order valence-electron chi connectivity index (χ3n) is 4.24. The minimum Gasteiger partial charge on any atom is -0.322 e. The zero-order valence-corrected chi connectivity index (χ0v) is 15.0. The van der Waals surface area contributed by atoms with Gasteiger partial charge in [0.15, 0.2) is 0 Å². The third-order valence-corrected chi connectivity index (χ3v) is 5.15. The molecule has 0 spiro atoms. The first kappa shape index (κ1) is 17.7. The molecule has 7 heteroatoms. The molecule has 0 saturated carbocycles. The van der Waals surface area contributed by atoms with Crippen molar-refractivity contribution in [3.05, 3.63) is 40.8 Å². The van der Waals surface area contributed by atoms with Crippen molar-refractivity contribution in [2.45, 2.75) is 26.2 Å². The van der Waals surface area contributed by atoms with Crippen LogP contribution in [0.2, 0.25) is 0 Å². The molecule has 3 rings (SSSR count). The Balaban J connectivity index is 1.62. The third kappa shape index (κ3) is 4.49. The highest BCUT2D eigenvalue weighted by Gasteiger charge is 2.36. The van der Waals surface area contributed by atoms with E-state index < -0.39 is 5.91 Å². The average molecular weight is 359 g/mol. The Morgan fingerprint density at radius 1 is 1.16 bits per heavy atom. The van der Waals surface area contributed by atoms with E-state index in [1.54, 1.807) is 12.1 Å². The van der Waals surface area contributed by atoms with Gasteiger partial charge in [0.25, 0.3) is 11.1 Å². The maximum Gasteiger partial charge on any atom is 0.294 e. The van der Waals surface area contributed by atoms with Crippen LogP contribution in [0.1, 0.15) is 24.8 Å². The predicted octanol–water partition coefficient (Wildman–Crippen LogP) is 2.96. The lowest BCUT2D eigenvalue weighted by Gasteiger charge is -2.29. The molecule has 6 nitrogen and oxygen atoms in total. The zero-order chi connectivity index (χ0) is 17.8. The summed E-state index contributed by atoms with van der Waals surface area (Å²) in [5.41, 5.74) is 1.75. The summed E-state index contributed by atoms with van der Waals surface area (Å²) in [5, 5.41) is 2.39. The monoisotopic (exact) mass is 359 g/mol. The van der Waals surface area contributed by atoms with E-state index in [4.69, 9.17) is 0 Å². The topological polar surface area (TPSA) is 69.7 Å². The summed E-state index contributed by atoms with van der Waals surface area (Å²) in [6.07, 6.45) is 4.58. The van der Waals surface area contributed by atoms with E-state index in [0.29, 0.717) is 12.4 Å². The first-order chi connectivity index (χ1) is 12.0. The normalized spacial score (nSPS) is 20.4. The second-order valence-corrected chi connectivity index (χ2v) is 7.28. The van der Waals surface area contributed by atoms with E-state index in [0.717, 1.165) is 43.3 Å². The van der Waals surface area contributed by atoms with Gasteiger partial charge >= 0.3 is 0 Å². The molecule has 2 fully saturated rings. The molecule has 2 aliphatic heterocycles. The molecule has 2 aliphatic rings. The zero-order valence-electron chi connectivity index (χ0n) is 14.2. The van der Waals surface area contributed by atoms with Crippen molar-refractivity contribution in [1.29, 1.82) is 0 Å². The van der Waals surface area contributed by atoms with Crippen LogP contribution in [-0.4, -0.2) is 46.6 Å². The van der Waals surface area contributed by atoms with Crippen molar-refractivity contribution in [2.24, 2.45) is 0 Å². The Kier molecular flexibility index (Phi) is 5.55. The quantitative estimate of drug-likeness (QED) is 0.837. The van der Waals surface area contributed by atoms with Crippen molar-refractivity contribution in [2.75, 3.05) is 25.1 Å². The van der Waals surface area contributed by atoms with Gasteiger partial charge in [0, 0.05) is 11.8 Å². The molecule has 0 unspecified atom stereocenters. The number of amides is 3. The summed E-state index contributed by atoms with van der Waals surface area (Å²) in [6, 6.07) is 7.37. The number of rotatable bonds is 4. The second-order valence-electron chi connectivity index (χ2n) is 6.29. The van der Waals surface area contributed by atoms with Crippen LogP contribution >= 0.6 is 11.8 Å². The summed E-state index contributed by atoms with van der Waals surface area (Å²) in [5.74, 6) is -0.799. The largest absolute Gasteiger partial charge is 0.322 e. The van der Waals surface area contributed by atoms with E-state index >= 15 is 0 Å². The highest BCUT2D eigenvalue weighted by Crippen LogP contribution is 2.31. The van der Waals surface area contributed by atoms with Crippen LogP contribution < -0.4 is 5.32 Å². The highest BCUT2D eigenvalue weighted by molar-refractivity contribution is 8.18. The van der Waals surface area contributed by atoms with Crippen molar-refractivity contribution >= 4 is 34.5 Å². The average Bonchev–Trinajstić information content (AvgIpc) is 2.85. The molecule has 25 heavy (non-hydrogen) atoms. The Morgan fingerprint density at radius 2 is 1.84 bits per heavy atom. The Bertz CT molecular complexity index is 709. The predicted molar refractivity (Wildman–Crippen MR) is 98.0 cm³/mol. The molecule has 3 amide bonds. The van der Waals surface area contributed by atoms with Gasteiger partial charge in [-0.15, -0.1) is 0 Å². The molecule has 0 radical (unpaired) electrons. The van der Waals surface area contributed by atoms with Crippen LogP contribution in [0, 0.1) is 6.92 Å². The second kappa shape index (κ2) is 7.84. The standard InChI is InChI=1S/C18H21N3O3S/c1-13-5-7-14(8-6-13)19-16(22)11-15-17(23)21(18(24)25-15)12-20-9-3-2-4-10-20/h5-8,11H,2-4,9-10,12H2,1H3,(H,19,22)/b15-11-. The lowest BCUT2D eigenvalue weighted by molar-refractivity contribution is -0.124. The van der Waals surface area contributed by atoms with Gasteiger partial charge in [-0.3, -0.25) is 24.2 Å². The number of aryl methyl sites for hydroxylation is 1. The minimum absolute atomic E-state index is 0.173. The van der Waals surface area contributed by atoms with E-state index in [1.807, 2.05) is 19.1 Å². The van der Waals surface area contributed by atoms with Gasteiger partial charge in [0.2, 0.25) is 5.91 Å². The number of hydrogen-bond acceptors (Lipinski definition) is 5. The number of nitrogens with zero attached hydrogens (tertiary/aromatic N) is 2. The number of nitrogens with one attached hydrogen (secondary N) is 1. The fourth-order valence-electron chi connectivity index (χ4n) is 2.86. The Labute approximate surface area is 151 Å². The van der Waals surface area contributed by atoms with Crippen LogP contribution in [0.5, 0.6) is 0 Å². The van der Waals surface area contributed by atoms with Crippen LogP contribution in [0.4, 0.5) is 10.5 Å². The van der Waals surface area contributed by atoms with E-state index in [-0.39, 0.29) is 16.1 Å². The fourth-order valence-corrected chi connectivity index (χ4v) is 3.66. The molecular weight excluding hydrogens is 338 g/mol. The van der Waals surface area contributed by atoms with Gasteiger partial charge in [0.05, 0.1) is 11.6 Å². The lowest BCUT2D eigenvalue weighted by Crippen LogP contribution is -2.42. The molecule has 0 aliphatic carbocycles. The number of imide groups is 1. The van der Waals surface area contributed by atoms with Crippen LogP contribution in [-0.2, 0) is 9.59 Å². The molecule has 1 aromatic carbocycles. The molecule has 2 saturated heterocycles. The van der Waals surface area contributed by atoms with Crippen molar-refractivity contribution < 1.29 is 14.4 Å². The SMILES string of the molecule is Cc1ccc(NC(=O)/C=C2\SC(=O)N(CN3CCCCC3)C2=O)cc1. The van der Waals surface area contributed by atoms with Crippen LogP contribution in [0.3, 0.4) is 0 Å². The summed E-state index contributed by atoms with van der Waals surface area (Å²) in [7, 11) is 0. The first-order valence-corrected chi connectivity index (χ1v) is 9.20. The van der Waals surface area contributed by atoms with Crippen LogP contribution in [0.15, 0.2) is 35.2 Å². The number of carbonyl (C=O) groups is 3. The lowest BCUT2D eigenvalue weighted by atomic mass is 10.1. The number of hydrogen-bond donors (Lipinski definition) is 1. The first-order valence-electron chi connectivity index (χ1n) is 8.38. The molecule has 2 heterocycles. The number of piperidine rings is 1. The van der Waals surface area contributed by atoms with E-state index in [9.17, 15) is 14.4 Å². The fraction of sp³-hybridized carbons (Fsp3) is 0.389. The molecule has 0 atom stereocenters. The van der Waals surface area contributed by atoms with E-state index in [1.165, 1.54) is 17.4 Å². The molecule has 132 valence electrons. The van der Waals surface area contributed by atoms with Gasteiger partial charge in [-0.25, -0.2) is 0 Å². The van der Waals surface area contributed by atoms with Crippen LogP contribution in [0.25, 0.3) is 0 Å². The molecular formula is C18H21N3O3S. The summed E-state index contributed by atoms with van der Waals surface area (Å²) >= 11 is 0.823. The summed E-state index contributed by atoms with van der Waals surface area (Å²) < 4.78 is 0. The van der Waals surface area contributed by atoms with Gasteiger partial charge in [0.1, 0.15) is 0 Å². The van der Waals surface area contributed by atoms with Crippen molar-refractivity contribution in [3.63, 3.8) is 0 Å². The van der Waals surface area contributed by atoms with E-state index in [2.05, 4.69) is 10.2 Å². The molecule has 1 N–H and O–H groups in total. The van der Waals surface area contributed by atoms with Gasteiger partial charge in [-0.1, -0.05) is 24.1 Å². The maximum absolute atomic E-state index is 12.4. The number of thioether (sulfide) groups is 1. The summed E-state index contributed by atoms with van der Waals surface area (Å²) in [6.45, 7) is 4.06. The smallest absolute Gasteiger partial charge is 0.294 e. The molecule has 1 aromatic rings. The molecule has 0 bridgehead atoms.